The minimum atomic E-state index is 0. The molecule has 0 aliphatic carbocycles. The van der Waals surface area contributed by atoms with Crippen molar-refractivity contribution in [2.45, 2.75) is 111 Å². The SMILES string of the molecule is CC[PH+](CC)CC[PH+](CC)CC.CC[PH+](CC)CC[PH+](CC)CC.CC[PH+](CC)CC[PH+](CC)CC.CC[PH+](CC)CC[PH+](CC)CC.[N-]=C=S.[N-]=C=S.[N-]=C=S.[N-]=C=S.[Pt+2].[Pt+2]. The van der Waals surface area contributed by atoms with Gasteiger partial charge >= 0.3 is 42.1 Å². The Kier molecular flexibility index (Phi) is 122. The third kappa shape index (κ3) is 81.0. The van der Waals surface area contributed by atoms with Crippen LogP contribution in [0.15, 0.2) is 0 Å². The van der Waals surface area contributed by atoms with E-state index in [-0.39, 0.29) is 106 Å². The van der Waals surface area contributed by atoms with Gasteiger partial charge in [0.25, 0.3) is 0 Å². The van der Waals surface area contributed by atoms with Crippen LogP contribution in [0.2, 0.25) is 0 Å². The molecule has 62 heavy (non-hydrogen) atoms. The van der Waals surface area contributed by atoms with Gasteiger partial charge in [0.15, 0.2) is 0 Å². The van der Waals surface area contributed by atoms with Crippen molar-refractivity contribution in [1.82, 2.24) is 0 Å². The Morgan fingerprint density at radius 3 is 0.306 bits per heavy atom. The first kappa shape index (κ1) is 88.9. The van der Waals surface area contributed by atoms with E-state index in [0.717, 1.165) is 0 Å². The second-order valence-electron chi connectivity index (χ2n) is 14.0. The molecule has 0 aliphatic rings. The zero-order valence-corrected chi connectivity index (χ0v) is 58.8. The molecule has 0 fully saturated rings. The fourth-order valence-corrected chi connectivity index (χ4v) is 27.2. The van der Waals surface area contributed by atoms with Gasteiger partial charge in [-0.25, -0.2) is 0 Å². The van der Waals surface area contributed by atoms with E-state index in [4.69, 9.17) is 21.6 Å². The van der Waals surface area contributed by atoms with E-state index in [2.05, 4.69) is 160 Å². The van der Waals surface area contributed by atoms with Gasteiger partial charge in [-0.3, -0.25) is 0 Å². The molecule has 4 nitrogen and oxygen atoms in total. The predicted octanol–water partition coefficient (Wildman–Crippen LogP) is 16.6. The zero-order valence-electron chi connectivity index (χ0n) is 43.0. The van der Waals surface area contributed by atoms with Gasteiger partial charge < -0.3 is 21.6 Å². The summed E-state index contributed by atoms with van der Waals surface area (Å²) in [6.07, 6.45) is 36.7. The Hall–Kier alpha value is 4.02. The molecule has 0 rings (SSSR count). The summed E-state index contributed by atoms with van der Waals surface area (Å²) in [5.74, 6) is 0. The van der Waals surface area contributed by atoms with Crippen LogP contribution in [-0.2, 0) is 42.1 Å². The van der Waals surface area contributed by atoms with Crippen LogP contribution >= 0.6 is 112 Å². The van der Waals surface area contributed by atoms with E-state index in [1.807, 2.05) is 0 Å². The summed E-state index contributed by atoms with van der Waals surface area (Å²) in [7, 11) is 0.698. The summed E-state index contributed by atoms with van der Waals surface area (Å²) < 4.78 is 0. The van der Waals surface area contributed by atoms with E-state index < -0.39 is 0 Å². The number of hydrogen-bond donors (Lipinski definition) is 0. The average Bonchev–Trinajstić information content (AvgIpc) is 3.26. The van der Waals surface area contributed by atoms with Gasteiger partial charge in [0.2, 0.25) is 0 Å². The van der Waals surface area contributed by atoms with Gasteiger partial charge in [-0.05, 0) is 111 Å². The Morgan fingerprint density at radius 1 is 0.226 bits per heavy atom. The molecule has 0 radical (unpaired) electrons. The molecule has 0 atom stereocenters. The van der Waals surface area contributed by atoms with Crippen LogP contribution in [-0.4, -0.2) is 169 Å². The molecular weight excluding hydrogens is 1350 g/mol. The fourth-order valence-electron chi connectivity index (χ4n) is 6.24. The summed E-state index contributed by atoms with van der Waals surface area (Å²) in [5.41, 5.74) is 0. The molecule has 0 amide bonds. The summed E-state index contributed by atoms with van der Waals surface area (Å²) in [6, 6.07) is 0. The van der Waals surface area contributed by atoms with E-state index >= 15 is 0 Å². The van der Waals surface area contributed by atoms with Crippen LogP contribution in [0.4, 0.5) is 0 Å². The fraction of sp³-hybridized carbons (Fsp3) is 0.909. The summed E-state index contributed by atoms with van der Waals surface area (Å²) in [5, 5.41) is 33.9. The Balaban J connectivity index is -0.0000000660. The molecule has 0 aromatic carbocycles. The molecule has 18 heteroatoms. The minimum absolute atomic E-state index is 0. The van der Waals surface area contributed by atoms with Crippen LogP contribution in [0.5, 0.6) is 0 Å². The maximum Gasteiger partial charge on any atom is 2.00 e. The molecule has 0 saturated carbocycles. The van der Waals surface area contributed by atoms with Gasteiger partial charge in [-0.1, -0.05) is 48.9 Å². The normalized spacial score (nSPS) is 9.42. The largest absolute Gasteiger partial charge is 2.00 e. The molecule has 0 bridgehead atoms. The van der Waals surface area contributed by atoms with E-state index in [0.29, 0.717) is 0 Å². The van der Waals surface area contributed by atoms with Crippen molar-refractivity contribution >= 4 is 133 Å². The Bertz CT molecular complexity index is 711. The quantitative estimate of drug-likeness (QED) is 0.0443. The van der Waals surface area contributed by atoms with Gasteiger partial charge in [0, 0.05) is 63.4 Å². The first-order valence-corrected chi connectivity index (χ1v) is 42.1. The monoisotopic (exact) mass is 1450 g/mol. The third-order valence-electron chi connectivity index (χ3n) is 11.3. The molecule has 0 saturated heterocycles. The van der Waals surface area contributed by atoms with Crippen molar-refractivity contribution in [3.05, 3.63) is 21.6 Å². The second kappa shape index (κ2) is 84.9. The predicted molar refractivity (Wildman–Crippen MR) is 338 cm³/mol. The van der Waals surface area contributed by atoms with Crippen LogP contribution in [0.25, 0.3) is 21.6 Å². The van der Waals surface area contributed by atoms with Crippen molar-refractivity contribution in [3.63, 3.8) is 0 Å². The van der Waals surface area contributed by atoms with Crippen LogP contribution in [0, 0.1) is 0 Å². The molecule has 0 aromatic heterocycles. The van der Waals surface area contributed by atoms with Gasteiger partial charge in [0.05, 0.1) is 148 Å². The van der Waals surface area contributed by atoms with Crippen molar-refractivity contribution in [3.8, 4) is 0 Å². The molecule has 376 valence electrons. The van der Waals surface area contributed by atoms with Gasteiger partial charge in [-0.2, -0.15) is 20.6 Å². The standard InChI is InChI=1S/4C10H24P2.4CNS.2Pt/c4*1-5-11(6-2)9-10-12(7-3)8-4;4*2-1-3;;/h4*5-10H2,1-4H3;;;;;;/q;;;;4*-1;2*+2/p+8. The van der Waals surface area contributed by atoms with Crippen LogP contribution in [0.1, 0.15) is 111 Å². The van der Waals surface area contributed by atoms with Crippen LogP contribution < -0.4 is 0 Å². The average molecular weight is 1460 g/mol. The van der Waals surface area contributed by atoms with Crippen molar-refractivity contribution in [1.29, 1.82) is 0 Å². The summed E-state index contributed by atoms with van der Waals surface area (Å²) >= 11 is 14.8. The third-order valence-corrected chi connectivity index (χ3v) is 37.0. The first-order valence-electron chi connectivity index (χ1n) is 23.5. The first-order chi connectivity index (χ1) is 28.8. The van der Waals surface area contributed by atoms with Crippen molar-refractivity contribution in [2.75, 3.05) is 148 Å². The summed E-state index contributed by atoms with van der Waals surface area (Å²) in [6.45, 7) is 38.0. The maximum absolute atomic E-state index is 7.13. The molecule has 0 N–H and O–H groups in total. The molecule has 0 heterocycles. The molecule has 0 aliphatic heterocycles. The molecule has 0 aromatic rings. The number of thiocarbonyl (C=S) groups is 4. The van der Waals surface area contributed by atoms with Gasteiger partial charge in [-0.15, -0.1) is 0 Å². The molecule has 0 unspecified atom stereocenters. The Morgan fingerprint density at radius 2 is 0.274 bits per heavy atom. The van der Waals surface area contributed by atoms with E-state index in [1.165, 1.54) is 119 Å². The number of nitrogens with zero attached hydrogens (tertiary/aromatic N) is 4. The topological polar surface area (TPSA) is 89.2 Å². The second-order valence-corrected chi connectivity index (χ2v) is 42.1. The van der Waals surface area contributed by atoms with E-state index in [9.17, 15) is 0 Å². The molecular formula is C44H104N4P8Pt2S4+8. The number of isothiocyanates is 4. The number of hydrogen-bond acceptors (Lipinski definition) is 4. The van der Waals surface area contributed by atoms with Crippen molar-refractivity contribution < 1.29 is 42.1 Å². The zero-order chi connectivity index (χ0) is 48.4. The smallest absolute Gasteiger partial charge is 0.753 e. The van der Waals surface area contributed by atoms with Gasteiger partial charge in [0.1, 0.15) is 0 Å². The number of rotatable bonds is 28. The summed E-state index contributed by atoms with van der Waals surface area (Å²) in [4.78, 5) is 0. The Labute approximate surface area is 450 Å². The molecule has 0 spiro atoms. The minimum Gasteiger partial charge on any atom is -0.753 e. The van der Waals surface area contributed by atoms with Crippen LogP contribution in [0.3, 0.4) is 0 Å². The maximum atomic E-state index is 7.13. The van der Waals surface area contributed by atoms with E-state index in [1.54, 1.807) is 49.3 Å². The van der Waals surface area contributed by atoms with Crippen molar-refractivity contribution in [2.24, 2.45) is 0 Å².